The van der Waals surface area contributed by atoms with E-state index in [1.54, 1.807) is 0 Å². The Hall–Kier alpha value is 0.410. The zero-order chi connectivity index (χ0) is 14.9. The summed E-state index contributed by atoms with van der Waals surface area (Å²) in [5.74, 6) is 8.76. The molecule has 0 radical (unpaired) electrons. The molecule has 1 aromatic rings. The van der Waals surface area contributed by atoms with Crippen molar-refractivity contribution in [1.29, 1.82) is 0 Å². The average Bonchev–Trinajstić information content (AvgIpc) is 2.91. The van der Waals surface area contributed by atoms with Crippen molar-refractivity contribution in [2.45, 2.75) is 30.9 Å². The molecule has 2 heterocycles. The van der Waals surface area contributed by atoms with Crippen molar-refractivity contribution < 1.29 is 4.74 Å². The van der Waals surface area contributed by atoms with E-state index in [4.69, 9.17) is 10.6 Å². The highest BCUT2D eigenvalue weighted by Crippen LogP contribution is 2.44. The number of ether oxygens (including phenoxy) is 1. The molecule has 2 saturated heterocycles. The summed E-state index contributed by atoms with van der Waals surface area (Å²) in [5.41, 5.74) is 4.36. The highest BCUT2D eigenvalue weighted by atomic mass is 79.9. The lowest BCUT2D eigenvalue weighted by Gasteiger charge is -2.41. The van der Waals surface area contributed by atoms with Crippen molar-refractivity contribution in [3.8, 4) is 0 Å². The molecular formula is C15H20Br2N2OS. The Morgan fingerprint density at radius 3 is 3.00 bits per heavy atom. The second-order valence-corrected chi connectivity index (χ2v) is 8.77. The van der Waals surface area contributed by atoms with E-state index in [0.29, 0.717) is 5.92 Å². The molecule has 3 N–H and O–H groups in total. The van der Waals surface area contributed by atoms with Gasteiger partial charge in [-0.3, -0.25) is 11.3 Å². The molecule has 0 saturated carbocycles. The van der Waals surface area contributed by atoms with Gasteiger partial charge in [0.2, 0.25) is 0 Å². The maximum absolute atomic E-state index is 6.13. The van der Waals surface area contributed by atoms with E-state index in [-0.39, 0.29) is 11.6 Å². The third-order valence-electron chi connectivity index (χ3n) is 4.54. The van der Waals surface area contributed by atoms with Crippen LogP contribution in [0.4, 0.5) is 0 Å². The minimum absolute atomic E-state index is 0.0845. The van der Waals surface area contributed by atoms with E-state index in [1.807, 2.05) is 17.8 Å². The van der Waals surface area contributed by atoms with Gasteiger partial charge in [-0.25, -0.2) is 0 Å². The van der Waals surface area contributed by atoms with Gasteiger partial charge in [0, 0.05) is 21.3 Å². The van der Waals surface area contributed by atoms with Gasteiger partial charge >= 0.3 is 0 Å². The molecule has 3 rings (SSSR count). The average molecular weight is 436 g/mol. The molecule has 6 heteroatoms. The Balaban J connectivity index is 1.84. The second-order valence-electron chi connectivity index (χ2n) is 5.90. The van der Waals surface area contributed by atoms with Crippen LogP contribution in [0, 0.1) is 5.92 Å². The smallest absolute Gasteiger partial charge is 0.0783 e. The highest BCUT2D eigenvalue weighted by Gasteiger charge is 2.42. The number of hydrogen-bond donors (Lipinski definition) is 2. The SMILES string of the molecule is NNC(c1cc(Br)ccc1Br)C1CCOC2(CCSC2)C1. The van der Waals surface area contributed by atoms with Crippen LogP contribution in [0.1, 0.15) is 30.9 Å². The fourth-order valence-corrected chi connectivity index (χ4v) is 5.70. The van der Waals surface area contributed by atoms with Gasteiger partial charge in [-0.2, -0.15) is 11.8 Å². The largest absolute Gasteiger partial charge is 0.374 e. The number of benzene rings is 1. The minimum Gasteiger partial charge on any atom is -0.374 e. The molecule has 2 aliphatic rings. The summed E-state index contributed by atoms with van der Waals surface area (Å²) in [6.45, 7) is 0.842. The van der Waals surface area contributed by atoms with E-state index in [0.717, 1.165) is 34.1 Å². The molecule has 0 amide bonds. The minimum atomic E-state index is 0.0845. The Morgan fingerprint density at radius 1 is 1.43 bits per heavy atom. The Labute approximate surface area is 147 Å². The van der Waals surface area contributed by atoms with Crippen molar-refractivity contribution in [3.63, 3.8) is 0 Å². The van der Waals surface area contributed by atoms with E-state index in [1.165, 1.54) is 17.7 Å². The molecule has 21 heavy (non-hydrogen) atoms. The Morgan fingerprint density at radius 2 is 2.29 bits per heavy atom. The third-order valence-corrected chi connectivity index (χ3v) is 6.98. The lowest BCUT2D eigenvalue weighted by molar-refractivity contribution is -0.0854. The zero-order valence-corrected chi connectivity index (χ0v) is 15.8. The predicted octanol–water partition coefficient (Wildman–Crippen LogP) is 4.02. The quantitative estimate of drug-likeness (QED) is 0.556. The maximum atomic E-state index is 6.13. The molecular weight excluding hydrogens is 416 g/mol. The van der Waals surface area contributed by atoms with Crippen LogP contribution in [0.25, 0.3) is 0 Å². The molecule has 0 aromatic heterocycles. The van der Waals surface area contributed by atoms with Gasteiger partial charge in [0.1, 0.15) is 0 Å². The summed E-state index contributed by atoms with van der Waals surface area (Å²) < 4.78 is 8.32. The number of halogens is 2. The van der Waals surface area contributed by atoms with Gasteiger partial charge in [-0.05, 0) is 54.7 Å². The number of nitrogens with one attached hydrogen (secondary N) is 1. The standard InChI is InChI=1S/C15H20Br2N2OS/c16-11-1-2-13(17)12(7-11)14(19-18)10-3-5-20-15(8-10)4-6-21-9-15/h1-2,7,10,14,19H,3-6,8-9,18H2. The fraction of sp³-hybridized carbons (Fsp3) is 0.600. The van der Waals surface area contributed by atoms with E-state index in [9.17, 15) is 0 Å². The molecule has 2 aliphatic heterocycles. The van der Waals surface area contributed by atoms with Crippen LogP contribution >= 0.6 is 43.6 Å². The molecule has 1 spiro atoms. The van der Waals surface area contributed by atoms with Crippen LogP contribution in [0.5, 0.6) is 0 Å². The van der Waals surface area contributed by atoms with Gasteiger partial charge in [0.05, 0.1) is 11.6 Å². The van der Waals surface area contributed by atoms with Crippen LogP contribution in [-0.2, 0) is 4.74 Å². The molecule has 0 aliphatic carbocycles. The van der Waals surface area contributed by atoms with Gasteiger partial charge in [-0.15, -0.1) is 0 Å². The van der Waals surface area contributed by atoms with Crippen molar-refractivity contribution >= 4 is 43.6 Å². The summed E-state index contributed by atoms with van der Waals surface area (Å²) in [4.78, 5) is 0. The van der Waals surface area contributed by atoms with Gasteiger partial charge in [-0.1, -0.05) is 31.9 Å². The lowest BCUT2D eigenvalue weighted by Crippen LogP contribution is -2.45. The number of thioether (sulfide) groups is 1. The Bertz CT molecular complexity index is 508. The van der Waals surface area contributed by atoms with Crippen LogP contribution in [0.15, 0.2) is 27.1 Å². The van der Waals surface area contributed by atoms with Crippen LogP contribution in [0.2, 0.25) is 0 Å². The molecule has 1 aromatic carbocycles. The first-order valence-corrected chi connectivity index (χ1v) is 10.0. The van der Waals surface area contributed by atoms with Crippen LogP contribution < -0.4 is 11.3 Å². The van der Waals surface area contributed by atoms with Gasteiger partial charge < -0.3 is 4.74 Å². The number of rotatable bonds is 3. The van der Waals surface area contributed by atoms with Crippen LogP contribution in [-0.4, -0.2) is 23.7 Å². The number of hydrogen-bond acceptors (Lipinski definition) is 4. The van der Waals surface area contributed by atoms with E-state index < -0.39 is 0 Å². The topological polar surface area (TPSA) is 47.3 Å². The summed E-state index contributed by atoms with van der Waals surface area (Å²) in [6, 6.07) is 6.42. The monoisotopic (exact) mass is 434 g/mol. The maximum Gasteiger partial charge on any atom is 0.0783 e. The first kappa shape index (κ1) is 16.3. The molecule has 3 unspecified atom stereocenters. The fourth-order valence-electron chi connectivity index (χ4n) is 3.45. The third kappa shape index (κ3) is 3.51. The lowest BCUT2D eigenvalue weighted by atomic mass is 9.79. The second kappa shape index (κ2) is 6.89. The molecule has 3 atom stereocenters. The summed E-state index contributed by atoms with van der Waals surface area (Å²) >= 11 is 9.23. The summed E-state index contributed by atoms with van der Waals surface area (Å²) in [7, 11) is 0. The van der Waals surface area contributed by atoms with Gasteiger partial charge in [0.25, 0.3) is 0 Å². The zero-order valence-electron chi connectivity index (χ0n) is 11.8. The molecule has 116 valence electrons. The van der Waals surface area contributed by atoms with Gasteiger partial charge in [0.15, 0.2) is 0 Å². The van der Waals surface area contributed by atoms with E-state index >= 15 is 0 Å². The highest BCUT2D eigenvalue weighted by molar-refractivity contribution is 9.11. The van der Waals surface area contributed by atoms with Crippen molar-refractivity contribution in [1.82, 2.24) is 5.43 Å². The number of hydrazine groups is 1. The Kier molecular flexibility index (Phi) is 5.34. The van der Waals surface area contributed by atoms with Crippen LogP contribution in [0.3, 0.4) is 0 Å². The van der Waals surface area contributed by atoms with E-state index in [2.05, 4.69) is 49.4 Å². The first-order chi connectivity index (χ1) is 10.1. The normalized spacial score (nSPS) is 30.7. The first-order valence-electron chi connectivity index (χ1n) is 7.26. The molecule has 3 nitrogen and oxygen atoms in total. The van der Waals surface area contributed by atoms with Crippen molar-refractivity contribution in [2.24, 2.45) is 11.8 Å². The molecule has 2 fully saturated rings. The number of nitrogens with two attached hydrogens (primary N) is 1. The predicted molar refractivity (Wildman–Crippen MR) is 95.3 cm³/mol. The molecule has 0 bridgehead atoms. The summed E-state index contributed by atoms with van der Waals surface area (Å²) in [5, 5.41) is 0. The van der Waals surface area contributed by atoms with Crippen molar-refractivity contribution in [2.75, 3.05) is 18.1 Å². The summed E-state index contributed by atoms with van der Waals surface area (Å²) in [6.07, 6.45) is 3.32. The van der Waals surface area contributed by atoms with Crippen molar-refractivity contribution in [3.05, 3.63) is 32.7 Å².